The summed E-state index contributed by atoms with van der Waals surface area (Å²) in [4.78, 5) is 18.9. The van der Waals surface area contributed by atoms with Crippen molar-refractivity contribution in [2.24, 2.45) is 0 Å². The van der Waals surface area contributed by atoms with E-state index in [2.05, 4.69) is 4.98 Å². The van der Waals surface area contributed by atoms with E-state index in [0.29, 0.717) is 6.54 Å². The lowest BCUT2D eigenvalue weighted by Gasteiger charge is -2.32. The lowest BCUT2D eigenvalue weighted by Crippen LogP contribution is -2.41. The number of carbonyl (C=O) groups excluding carboxylic acids is 1. The minimum Gasteiger partial charge on any atom is -0.444 e. The molecule has 6 nitrogen and oxygen atoms in total. The monoisotopic (exact) mass is 374 g/mol. The van der Waals surface area contributed by atoms with E-state index in [0.717, 1.165) is 24.0 Å². The van der Waals surface area contributed by atoms with Crippen LogP contribution in [0.15, 0.2) is 18.3 Å². The van der Waals surface area contributed by atoms with Gasteiger partial charge in [-0.1, -0.05) is 0 Å². The molecular weight excluding hydrogens is 343 g/mol. The highest BCUT2D eigenvalue weighted by Crippen LogP contribution is 2.37. The fraction of sp³-hybridized carbons (Fsp3) is 0.700. The first kappa shape index (κ1) is 20.1. The van der Waals surface area contributed by atoms with E-state index in [1.165, 1.54) is 0 Å². The first-order valence-electron chi connectivity index (χ1n) is 9.71. The Hall–Kier alpha value is -1.60. The number of nitrogens with zero attached hydrogens (tertiary/aromatic N) is 2. The van der Waals surface area contributed by atoms with Gasteiger partial charge >= 0.3 is 13.2 Å². The summed E-state index contributed by atoms with van der Waals surface area (Å²) >= 11 is 0. The van der Waals surface area contributed by atoms with Gasteiger partial charge in [-0.05, 0) is 79.0 Å². The molecule has 0 N–H and O–H groups in total. The van der Waals surface area contributed by atoms with Crippen LogP contribution >= 0.6 is 0 Å². The largest absolute Gasteiger partial charge is 0.514 e. The standard InChI is InChI=1S/C20H31BN2O4/c1-18(2,3)25-17(24)23-12-8-9-15(23)14-10-11-22-16(13-14)21-26-19(4,5)20(6,7)27-21/h10-11,13,15H,8-9,12H2,1-7H3. The summed E-state index contributed by atoms with van der Waals surface area (Å²) in [6.07, 6.45) is 3.37. The van der Waals surface area contributed by atoms with Crippen molar-refractivity contribution in [2.45, 2.75) is 84.2 Å². The normalized spacial score (nSPS) is 24.3. The summed E-state index contributed by atoms with van der Waals surface area (Å²) in [6.45, 7) is 14.5. The molecule has 0 radical (unpaired) electrons. The zero-order valence-corrected chi connectivity index (χ0v) is 17.5. The van der Waals surface area contributed by atoms with Crippen molar-refractivity contribution in [1.29, 1.82) is 0 Å². The van der Waals surface area contributed by atoms with Gasteiger partial charge in [0, 0.05) is 12.7 Å². The van der Waals surface area contributed by atoms with E-state index in [9.17, 15) is 4.79 Å². The molecule has 2 aliphatic heterocycles. The minimum absolute atomic E-state index is 0.0102. The van der Waals surface area contributed by atoms with Gasteiger partial charge < -0.3 is 18.9 Å². The Kier molecular flexibility index (Phi) is 5.06. The van der Waals surface area contributed by atoms with E-state index >= 15 is 0 Å². The third-order valence-electron chi connectivity index (χ3n) is 5.57. The Morgan fingerprint density at radius 2 is 1.89 bits per heavy atom. The Bertz CT molecular complexity index is 698. The van der Waals surface area contributed by atoms with E-state index in [1.54, 1.807) is 6.20 Å². The van der Waals surface area contributed by atoms with Gasteiger partial charge in [-0.3, -0.25) is 4.98 Å². The number of pyridine rings is 1. The quantitative estimate of drug-likeness (QED) is 0.742. The molecule has 7 heteroatoms. The molecule has 27 heavy (non-hydrogen) atoms. The minimum atomic E-state index is -0.508. The Labute approximate surface area is 162 Å². The van der Waals surface area contributed by atoms with Crippen LogP contribution in [0.4, 0.5) is 4.79 Å². The van der Waals surface area contributed by atoms with Crippen LogP contribution < -0.4 is 5.59 Å². The lowest BCUT2D eigenvalue weighted by atomic mass is 9.82. The highest BCUT2D eigenvalue weighted by Gasteiger charge is 2.52. The maximum absolute atomic E-state index is 12.6. The summed E-state index contributed by atoms with van der Waals surface area (Å²) < 4.78 is 17.8. The zero-order chi connectivity index (χ0) is 20.0. The van der Waals surface area contributed by atoms with Crippen molar-refractivity contribution in [3.05, 3.63) is 23.9 Å². The average Bonchev–Trinajstić information content (AvgIpc) is 3.09. The molecule has 0 spiro atoms. The molecular formula is C20H31BN2O4. The van der Waals surface area contributed by atoms with Crippen LogP contribution in [0.5, 0.6) is 0 Å². The number of amides is 1. The third-order valence-corrected chi connectivity index (χ3v) is 5.57. The number of carbonyl (C=O) groups is 1. The summed E-state index contributed by atoms with van der Waals surface area (Å²) in [5.41, 5.74) is 0.451. The average molecular weight is 374 g/mol. The Morgan fingerprint density at radius 3 is 2.48 bits per heavy atom. The molecule has 1 amide bonds. The van der Waals surface area contributed by atoms with Crippen molar-refractivity contribution < 1.29 is 18.8 Å². The second-order valence-electron chi connectivity index (χ2n) is 9.43. The molecule has 2 fully saturated rings. The van der Waals surface area contributed by atoms with Crippen LogP contribution in [0, 0.1) is 0 Å². The van der Waals surface area contributed by atoms with Crippen molar-refractivity contribution in [1.82, 2.24) is 9.88 Å². The zero-order valence-electron chi connectivity index (χ0n) is 17.5. The van der Waals surface area contributed by atoms with Gasteiger partial charge in [0.1, 0.15) is 5.60 Å². The van der Waals surface area contributed by atoms with Gasteiger partial charge in [-0.2, -0.15) is 0 Å². The highest BCUT2D eigenvalue weighted by atomic mass is 16.7. The van der Waals surface area contributed by atoms with Gasteiger partial charge in [0.25, 0.3) is 0 Å². The molecule has 0 bridgehead atoms. The van der Waals surface area contributed by atoms with Gasteiger partial charge in [0.05, 0.1) is 22.8 Å². The highest BCUT2D eigenvalue weighted by molar-refractivity contribution is 6.61. The van der Waals surface area contributed by atoms with Crippen molar-refractivity contribution in [3.8, 4) is 0 Å². The molecule has 0 aliphatic carbocycles. The van der Waals surface area contributed by atoms with Gasteiger partial charge in [-0.15, -0.1) is 0 Å². The molecule has 2 saturated heterocycles. The molecule has 3 heterocycles. The van der Waals surface area contributed by atoms with E-state index in [4.69, 9.17) is 14.0 Å². The topological polar surface area (TPSA) is 60.9 Å². The number of aromatic nitrogens is 1. The Balaban J connectivity index is 1.80. The number of rotatable bonds is 2. The predicted octanol–water partition coefficient (Wildman–Crippen LogP) is 3.45. The fourth-order valence-electron chi connectivity index (χ4n) is 3.42. The smallest absolute Gasteiger partial charge is 0.444 e. The molecule has 0 aromatic carbocycles. The number of likely N-dealkylation sites (tertiary alicyclic amines) is 1. The maximum Gasteiger partial charge on any atom is 0.514 e. The van der Waals surface area contributed by atoms with Crippen molar-refractivity contribution in [3.63, 3.8) is 0 Å². The molecule has 148 valence electrons. The third kappa shape index (κ3) is 4.14. The fourth-order valence-corrected chi connectivity index (χ4v) is 3.42. The van der Waals surface area contributed by atoms with Crippen LogP contribution in [0.2, 0.25) is 0 Å². The number of ether oxygens (including phenoxy) is 1. The molecule has 1 unspecified atom stereocenters. The van der Waals surface area contributed by atoms with Crippen LogP contribution in [0.1, 0.15) is 72.9 Å². The predicted molar refractivity (Wildman–Crippen MR) is 105 cm³/mol. The first-order valence-corrected chi connectivity index (χ1v) is 9.71. The molecule has 1 aromatic rings. The molecule has 1 atom stereocenters. The second kappa shape index (κ2) is 6.78. The summed E-state index contributed by atoms with van der Waals surface area (Å²) in [6, 6.07) is 3.95. The summed E-state index contributed by atoms with van der Waals surface area (Å²) in [5, 5.41) is 0. The van der Waals surface area contributed by atoms with E-state index in [1.807, 2.05) is 65.5 Å². The molecule has 0 saturated carbocycles. The van der Waals surface area contributed by atoms with Gasteiger partial charge in [-0.25, -0.2) is 4.79 Å². The molecule has 1 aromatic heterocycles. The van der Waals surface area contributed by atoms with Crippen LogP contribution in [0.25, 0.3) is 0 Å². The Morgan fingerprint density at radius 1 is 1.26 bits per heavy atom. The van der Waals surface area contributed by atoms with Gasteiger partial charge in [0.2, 0.25) is 0 Å². The van der Waals surface area contributed by atoms with Crippen LogP contribution in [-0.2, 0) is 14.0 Å². The van der Waals surface area contributed by atoms with Crippen LogP contribution in [0.3, 0.4) is 0 Å². The lowest BCUT2D eigenvalue weighted by molar-refractivity contribution is 0.00578. The summed E-state index contributed by atoms with van der Waals surface area (Å²) in [7, 11) is -0.508. The van der Waals surface area contributed by atoms with E-state index < -0.39 is 23.9 Å². The van der Waals surface area contributed by atoms with Crippen molar-refractivity contribution in [2.75, 3.05) is 6.54 Å². The molecule has 2 aliphatic rings. The second-order valence-corrected chi connectivity index (χ2v) is 9.43. The van der Waals surface area contributed by atoms with Gasteiger partial charge in [0.15, 0.2) is 0 Å². The molecule has 3 rings (SSSR count). The number of hydrogen-bond donors (Lipinski definition) is 0. The maximum atomic E-state index is 12.6. The van der Waals surface area contributed by atoms with Crippen molar-refractivity contribution >= 4 is 18.8 Å². The van der Waals surface area contributed by atoms with E-state index in [-0.39, 0.29) is 12.1 Å². The SMILES string of the molecule is CC(C)(C)OC(=O)N1CCCC1c1ccnc(B2OC(C)(C)C(C)(C)O2)c1. The summed E-state index contributed by atoms with van der Waals surface area (Å²) in [5.74, 6) is 0. The number of hydrogen-bond acceptors (Lipinski definition) is 5. The van der Waals surface area contributed by atoms with Crippen LogP contribution in [-0.4, -0.2) is 46.4 Å². The first-order chi connectivity index (χ1) is 12.4.